The number of carbonyl (C=O) groups is 3. The van der Waals surface area contributed by atoms with Crippen LogP contribution in [-0.2, 0) is 21.1 Å². The van der Waals surface area contributed by atoms with Gasteiger partial charge in [-0.3, -0.25) is 14.5 Å². The lowest BCUT2D eigenvalue weighted by atomic mass is 9.98. The van der Waals surface area contributed by atoms with Crippen LogP contribution in [0.3, 0.4) is 0 Å². The van der Waals surface area contributed by atoms with E-state index in [1.165, 1.54) is 0 Å². The van der Waals surface area contributed by atoms with E-state index in [4.69, 9.17) is 21.3 Å². The standard InChI is InChI=1S/C23H24ClN3O6/c1-16(18-10-6-3-7-11-18)25-33-21(28)20-13-12-19(14-26(20)23(30)31)27(22(24)29)32-15-17-8-4-2-5-9-17/h2-11,19-20H,12-15H2,1H3,(H,30,31)/b25-16-/t19-,20+/m1/s1. The number of likely N-dealkylation sites (tertiary alicyclic amines) is 1. The maximum absolute atomic E-state index is 12.6. The third-order valence-corrected chi connectivity index (χ3v) is 5.42. The number of hydrogen-bond donors (Lipinski definition) is 1. The topological polar surface area (TPSA) is 109 Å². The predicted octanol–water partition coefficient (Wildman–Crippen LogP) is 4.26. The van der Waals surface area contributed by atoms with Crippen LogP contribution < -0.4 is 0 Å². The second-order valence-corrected chi connectivity index (χ2v) is 7.80. The first kappa shape index (κ1) is 24.2. The van der Waals surface area contributed by atoms with Crippen LogP contribution >= 0.6 is 11.6 Å². The molecule has 2 amide bonds. The highest BCUT2D eigenvalue weighted by Crippen LogP contribution is 2.24. The fraction of sp³-hybridized carbons (Fsp3) is 0.304. The summed E-state index contributed by atoms with van der Waals surface area (Å²) in [6.07, 6.45) is -0.918. The number of carboxylic acid groups (broad SMARTS) is 1. The van der Waals surface area contributed by atoms with Gasteiger partial charge in [-0.05, 0) is 42.5 Å². The summed E-state index contributed by atoms with van der Waals surface area (Å²) in [5.74, 6) is -0.792. The van der Waals surface area contributed by atoms with Crippen LogP contribution in [0.5, 0.6) is 0 Å². The number of hydroxylamine groups is 2. The lowest BCUT2D eigenvalue weighted by Gasteiger charge is -2.39. The van der Waals surface area contributed by atoms with Crippen molar-refractivity contribution >= 4 is 34.7 Å². The Labute approximate surface area is 196 Å². The van der Waals surface area contributed by atoms with Gasteiger partial charge in [0.1, 0.15) is 12.6 Å². The fourth-order valence-electron chi connectivity index (χ4n) is 3.52. The van der Waals surface area contributed by atoms with Crippen LogP contribution in [0.2, 0.25) is 0 Å². The van der Waals surface area contributed by atoms with Crippen molar-refractivity contribution in [1.29, 1.82) is 0 Å². The quantitative estimate of drug-likeness (QED) is 0.211. The first-order valence-corrected chi connectivity index (χ1v) is 10.7. The van der Waals surface area contributed by atoms with Crippen LogP contribution in [0, 0.1) is 0 Å². The summed E-state index contributed by atoms with van der Waals surface area (Å²) in [6.45, 7) is 1.61. The van der Waals surface area contributed by atoms with Crippen LogP contribution in [0.1, 0.15) is 30.9 Å². The lowest BCUT2D eigenvalue weighted by molar-refractivity contribution is -0.167. The van der Waals surface area contributed by atoms with Gasteiger partial charge in [0.15, 0.2) is 0 Å². The molecule has 10 heteroatoms. The van der Waals surface area contributed by atoms with Gasteiger partial charge in [0.05, 0.1) is 11.8 Å². The van der Waals surface area contributed by atoms with Crippen LogP contribution in [0.4, 0.5) is 9.59 Å². The number of carbonyl (C=O) groups excluding carboxylic acids is 2. The van der Waals surface area contributed by atoms with Gasteiger partial charge in [-0.1, -0.05) is 65.8 Å². The van der Waals surface area contributed by atoms with Gasteiger partial charge in [-0.15, -0.1) is 0 Å². The van der Waals surface area contributed by atoms with E-state index in [0.29, 0.717) is 5.71 Å². The summed E-state index contributed by atoms with van der Waals surface area (Å²) in [4.78, 5) is 47.9. The van der Waals surface area contributed by atoms with Crippen molar-refractivity contribution in [3.05, 3.63) is 71.8 Å². The zero-order valence-electron chi connectivity index (χ0n) is 18.0. The van der Waals surface area contributed by atoms with Gasteiger partial charge in [0.2, 0.25) is 0 Å². The van der Waals surface area contributed by atoms with Crippen molar-refractivity contribution in [2.24, 2.45) is 5.16 Å². The maximum atomic E-state index is 12.6. The van der Waals surface area contributed by atoms with E-state index < -0.39 is 29.5 Å². The molecule has 0 aromatic heterocycles. The molecule has 0 aliphatic carbocycles. The van der Waals surface area contributed by atoms with Crippen molar-refractivity contribution in [3.63, 3.8) is 0 Å². The second kappa shape index (κ2) is 11.4. The van der Waals surface area contributed by atoms with E-state index in [0.717, 1.165) is 21.1 Å². The molecular weight excluding hydrogens is 450 g/mol. The SMILES string of the molecule is C/C(=N/OC(=O)[C@@H]1CC[C@@H](N(OCc2ccccc2)C(=O)Cl)CN1C(=O)O)c1ccccc1. The Morgan fingerprint density at radius 2 is 1.73 bits per heavy atom. The van der Waals surface area contributed by atoms with Gasteiger partial charge in [0, 0.05) is 6.54 Å². The molecule has 174 valence electrons. The first-order valence-electron chi connectivity index (χ1n) is 10.3. The summed E-state index contributed by atoms with van der Waals surface area (Å²) in [7, 11) is 0. The summed E-state index contributed by atoms with van der Waals surface area (Å²) in [5, 5.41) is 13.6. The summed E-state index contributed by atoms with van der Waals surface area (Å²) in [5.41, 5.74) is 2.07. The van der Waals surface area contributed by atoms with Crippen LogP contribution in [0.15, 0.2) is 65.8 Å². The van der Waals surface area contributed by atoms with Crippen LogP contribution in [0.25, 0.3) is 0 Å². The van der Waals surface area contributed by atoms with E-state index in [1.807, 2.05) is 60.7 Å². The Morgan fingerprint density at radius 1 is 1.09 bits per heavy atom. The highest BCUT2D eigenvalue weighted by molar-refractivity contribution is 6.62. The van der Waals surface area contributed by atoms with Gasteiger partial charge in [0.25, 0.3) is 0 Å². The molecule has 33 heavy (non-hydrogen) atoms. The van der Waals surface area contributed by atoms with Crippen LogP contribution in [-0.4, -0.2) is 56.8 Å². The third-order valence-electron chi connectivity index (χ3n) is 5.26. The van der Waals surface area contributed by atoms with Crippen molar-refractivity contribution in [2.75, 3.05) is 6.54 Å². The smallest absolute Gasteiger partial charge is 0.408 e. The molecule has 1 aliphatic rings. The molecule has 2 aromatic carbocycles. The molecule has 1 heterocycles. The minimum Gasteiger partial charge on any atom is -0.465 e. The van der Waals surface area contributed by atoms with E-state index in [9.17, 15) is 19.5 Å². The summed E-state index contributed by atoms with van der Waals surface area (Å²) in [6, 6.07) is 16.6. The molecule has 3 rings (SSSR count). The highest BCUT2D eigenvalue weighted by Gasteiger charge is 2.40. The Kier molecular flexibility index (Phi) is 8.39. The number of halogens is 1. The Balaban J connectivity index is 1.65. The monoisotopic (exact) mass is 473 g/mol. The Morgan fingerprint density at radius 3 is 2.33 bits per heavy atom. The molecule has 9 nitrogen and oxygen atoms in total. The van der Waals surface area contributed by atoms with Crippen molar-refractivity contribution in [1.82, 2.24) is 9.96 Å². The molecule has 2 atom stereocenters. The predicted molar refractivity (Wildman–Crippen MR) is 121 cm³/mol. The van der Waals surface area contributed by atoms with Gasteiger partial charge in [-0.25, -0.2) is 14.7 Å². The zero-order chi connectivity index (χ0) is 23.8. The Hall–Kier alpha value is -3.43. The Bertz CT molecular complexity index is 1000. The van der Waals surface area contributed by atoms with Crippen molar-refractivity contribution in [2.45, 2.75) is 38.5 Å². The molecular formula is C23H24ClN3O6. The molecule has 0 radical (unpaired) electrons. The molecule has 0 spiro atoms. The maximum Gasteiger partial charge on any atom is 0.408 e. The lowest BCUT2D eigenvalue weighted by Crippen LogP contribution is -2.56. The molecule has 0 bridgehead atoms. The normalized spacial score (nSPS) is 18.5. The molecule has 1 aliphatic heterocycles. The average molecular weight is 474 g/mol. The number of oxime groups is 1. The second-order valence-electron chi connectivity index (χ2n) is 7.47. The number of piperidine rings is 1. The minimum absolute atomic E-state index is 0.0851. The number of hydrogen-bond acceptors (Lipinski definition) is 6. The molecule has 1 N–H and O–H groups in total. The minimum atomic E-state index is -1.32. The number of amides is 2. The number of nitrogens with zero attached hydrogens (tertiary/aromatic N) is 3. The van der Waals surface area contributed by atoms with Gasteiger partial charge >= 0.3 is 17.4 Å². The first-order chi connectivity index (χ1) is 15.9. The zero-order valence-corrected chi connectivity index (χ0v) is 18.7. The fourth-order valence-corrected chi connectivity index (χ4v) is 3.71. The largest absolute Gasteiger partial charge is 0.465 e. The average Bonchev–Trinajstić information content (AvgIpc) is 2.83. The molecule has 2 aromatic rings. The number of rotatable bonds is 7. The summed E-state index contributed by atoms with van der Waals surface area (Å²) < 4.78 is 0. The van der Waals surface area contributed by atoms with Crippen molar-refractivity contribution in [3.8, 4) is 0 Å². The molecule has 0 saturated carbocycles. The van der Waals surface area contributed by atoms with E-state index >= 15 is 0 Å². The number of benzene rings is 2. The molecule has 0 unspecified atom stereocenters. The van der Waals surface area contributed by atoms with E-state index in [2.05, 4.69) is 5.16 Å². The molecule has 1 fully saturated rings. The van der Waals surface area contributed by atoms with Crippen molar-refractivity contribution < 1.29 is 29.2 Å². The van der Waals surface area contributed by atoms with E-state index in [-0.39, 0.29) is 26.0 Å². The van der Waals surface area contributed by atoms with Gasteiger partial charge in [-0.2, -0.15) is 0 Å². The summed E-state index contributed by atoms with van der Waals surface area (Å²) >= 11 is 5.70. The third kappa shape index (κ3) is 6.53. The highest BCUT2D eigenvalue weighted by atomic mass is 35.5. The van der Waals surface area contributed by atoms with Gasteiger partial charge < -0.3 is 9.94 Å². The van der Waals surface area contributed by atoms with E-state index in [1.54, 1.807) is 6.92 Å². The molecule has 1 saturated heterocycles.